The number of halogens is 3. The minimum atomic E-state index is -0.187. The lowest BCUT2D eigenvalue weighted by atomic mass is 10.1. The number of hydrogen-bond donors (Lipinski definition) is 3. The average molecular weight is 446 g/mol. The van der Waals surface area contributed by atoms with Crippen molar-refractivity contribution in [3.63, 3.8) is 0 Å². The molecule has 0 fully saturated rings. The van der Waals surface area contributed by atoms with Crippen molar-refractivity contribution >= 4 is 63.4 Å². The molecule has 0 unspecified atom stereocenters. The summed E-state index contributed by atoms with van der Waals surface area (Å²) in [4.78, 5) is 20.1. The molecule has 146 valence electrons. The highest BCUT2D eigenvalue weighted by molar-refractivity contribution is 6.39. The van der Waals surface area contributed by atoms with Crippen LogP contribution in [0.1, 0.15) is 15.9 Å². The zero-order valence-electron chi connectivity index (χ0n) is 15.0. The number of benzene rings is 3. The van der Waals surface area contributed by atoms with Gasteiger partial charge in [0.15, 0.2) is 0 Å². The number of para-hydroxylation sites is 1. The van der Waals surface area contributed by atoms with Gasteiger partial charge in [0.05, 0.1) is 26.8 Å². The van der Waals surface area contributed by atoms with Crippen LogP contribution in [0.15, 0.2) is 60.7 Å². The van der Waals surface area contributed by atoms with Gasteiger partial charge in [0, 0.05) is 17.1 Å². The van der Waals surface area contributed by atoms with Gasteiger partial charge in [0.2, 0.25) is 5.95 Å². The molecule has 0 spiro atoms. The van der Waals surface area contributed by atoms with Gasteiger partial charge < -0.3 is 15.6 Å². The third-order valence-electron chi connectivity index (χ3n) is 4.32. The summed E-state index contributed by atoms with van der Waals surface area (Å²) >= 11 is 18.3. The molecule has 0 bridgehead atoms. The van der Waals surface area contributed by atoms with Gasteiger partial charge in [-0.15, -0.1) is 0 Å². The van der Waals surface area contributed by atoms with Gasteiger partial charge in [0.25, 0.3) is 5.91 Å². The normalized spacial score (nSPS) is 10.9. The van der Waals surface area contributed by atoms with Crippen molar-refractivity contribution in [1.82, 2.24) is 15.3 Å². The minimum Gasteiger partial charge on any atom is -0.348 e. The van der Waals surface area contributed by atoms with E-state index in [4.69, 9.17) is 34.8 Å². The fourth-order valence-corrected chi connectivity index (χ4v) is 3.45. The van der Waals surface area contributed by atoms with Crippen molar-refractivity contribution in [1.29, 1.82) is 0 Å². The first-order valence-electron chi connectivity index (χ1n) is 8.73. The highest BCUT2D eigenvalue weighted by Gasteiger charge is 2.11. The maximum atomic E-state index is 12.5. The van der Waals surface area contributed by atoms with E-state index >= 15 is 0 Å². The van der Waals surface area contributed by atoms with Gasteiger partial charge in [-0.2, -0.15) is 0 Å². The number of fused-ring (bicyclic) bond motifs is 1. The van der Waals surface area contributed by atoms with Crippen molar-refractivity contribution in [2.24, 2.45) is 0 Å². The lowest BCUT2D eigenvalue weighted by molar-refractivity contribution is 0.0951. The van der Waals surface area contributed by atoms with Crippen molar-refractivity contribution in [3.8, 4) is 0 Å². The quantitative estimate of drug-likeness (QED) is 0.343. The number of carbonyl (C=O) groups is 1. The molecule has 0 atom stereocenters. The lowest BCUT2D eigenvalue weighted by Crippen LogP contribution is -2.22. The number of anilines is 2. The standard InChI is InChI=1S/C21H15Cl3N4O/c22-14-7-4-12(5-8-14)11-25-20(29)13-6-9-17-18(10-13)27-21(26-17)28-19-15(23)2-1-3-16(19)24/h1-10H,11H2,(H,25,29)(H2,26,27,28). The predicted molar refractivity (Wildman–Crippen MR) is 118 cm³/mol. The van der Waals surface area contributed by atoms with Gasteiger partial charge >= 0.3 is 0 Å². The van der Waals surface area contributed by atoms with E-state index in [1.54, 1.807) is 48.5 Å². The second kappa shape index (κ2) is 8.33. The molecule has 0 aliphatic carbocycles. The minimum absolute atomic E-state index is 0.187. The number of H-pyrrole nitrogens is 1. The molecule has 1 amide bonds. The molecule has 29 heavy (non-hydrogen) atoms. The van der Waals surface area contributed by atoms with E-state index < -0.39 is 0 Å². The van der Waals surface area contributed by atoms with Crippen molar-refractivity contribution in [2.45, 2.75) is 6.54 Å². The Morgan fingerprint density at radius 2 is 1.69 bits per heavy atom. The van der Waals surface area contributed by atoms with E-state index in [1.165, 1.54) is 0 Å². The number of hydrogen-bond acceptors (Lipinski definition) is 3. The number of aromatic amines is 1. The molecule has 0 aliphatic rings. The molecule has 4 aromatic rings. The Hall–Kier alpha value is -2.73. The van der Waals surface area contributed by atoms with Gasteiger partial charge in [-0.3, -0.25) is 4.79 Å². The van der Waals surface area contributed by atoms with E-state index in [1.807, 2.05) is 12.1 Å². The van der Waals surface area contributed by atoms with Crippen LogP contribution >= 0.6 is 34.8 Å². The van der Waals surface area contributed by atoms with E-state index in [2.05, 4.69) is 20.6 Å². The number of aromatic nitrogens is 2. The molecule has 3 N–H and O–H groups in total. The van der Waals surface area contributed by atoms with Crippen LogP contribution in [0, 0.1) is 0 Å². The van der Waals surface area contributed by atoms with E-state index in [9.17, 15) is 4.79 Å². The third-order valence-corrected chi connectivity index (χ3v) is 5.20. The van der Waals surface area contributed by atoms with Crippen molar-refractivity contribution in [3.05, 3.63) is 86.9 Å². The smallest absolute Gasteiger partial charge is 0.251 e. The molecule has 3 aromatic carbocycles. The zero-order chi connectivity index (χ0) is 20.4. The Kier molecular flexibility index (Phi) is 5.62. The highest BCUT2D eigenvalue weighted by Crippen LogP contribution is 2.32. The summed E-state index contributed by atoms with van der Waals surface area (Å²) < 4.78 is 0. The summed E-state index contributed by atoms with van der Waals surface area (Å²) in [6.45, 7) is 0.409. The van der Waals surface area contributed by atoms with Crippen molar-refractivity contribution < 1.29 is 4.79 Å². The zero-order valence-corrected chi connectivity index (χ0v) is 17.2. The van der Waals surface area contributed by atoms with Crippen LogP contribution in [0.2, 0.25) is 15.1 Å². The Bertz CT molecular complexity index is 1170. The topological polar surface area (TPSA) is 69.8 Å². The third kappa shape index (κ3) is 4.48. The maximum Gasteiger partial charge on any atom is 0.251 e. The van der Waals surface area contributed by atoms with Crippen LogP contribution < -0.4 is 10.6 Å². The molecule has 5 nitrogen and oxygen atoms in total. The number of imidazole rings is 1. The van der Waals surface area contributed by atoms with Crippen LogP contribution in [-0.4, -0.2) is 15.9 Å². The van der Waals surface area contributed by atoms with Gasteiger partial charge in [-0.1, -0.05) is 53.0 Å². The Balaban J connectivity index is 1.50. The molecular formula is C21H15Cl3N4O. The number of amides is 1. The second-order valence-electron chi connectivity index (χ2n) is 6.35. The molecule has 8 heteroatoms. The van der Waals surface area contributed by atoms with Crippen LogP contribution in [0.4, 0.5) is 11.6 Å². The van der Waals surface area contributed by atoms with Gasteiger partial charge in [0.1, 0.15) is 0 Å². The number of carbonyl (C=O) groups excluding carboxylic acids is 1. The number of nitrogens with one attached hydrogen (secondary N) is 3. The summed E-state index contributed by atoms with van der Waals surface area (Å²) in [5.74, 6) is 0.294. The summed E-state index contributed by atoms with van der Waals surface area (Å²) in [6, 6.07) is 17.8. The van der Waals surface area contributed by atoms with Crippen LogP contribution in [-0.2, 0) is 6.54 Å². The monoisotopic (exact) mass is 444 g/mol. The van der Waals surface area contributed by atoms with Crippen LogP contribution in [0.25, 0.3) is 11.0 Å². The fourth-order valence-electron chi connectivity index (χ4n) is 2.83. The second-order valence-corrected chi connectivity index (χ2v) is 7.60. The molecule has 0 aliphatic heterocycles. The van der Waals surface area contributed by atoms with Crippen LogP contribution in [0.3, 0.4) is 0 Å². The molecular weight excluding hydrogens is 431 g/mol. The molecule has 0 saturated heterocycles. The van der Waals surface area contributed by atoms with Crippen LogP contribution in [0.5, 0.6) is 0 Å². The summed E-state index contributed by atoms with van der Waals surface area (Å²) in [6.07, 6.45) is 0. The molecule has 0 saturated carbocycles. The Labute approximate surface area is 182 Å². The Morgan fingerprint density at radius 3 is 2.41 bits per heavy atom. The SMILES string of the molecule is O=C(NCc1ccc(Cl)cc1)c1ccc2[nH]c(Nc3c(Cl)cccc3Cl)nc2c1. The summed E-state index contributed by atoms with van der Waals surface area (Å²) in [7, 11) is 0. The van der Waals surface area contributed by atoms with Gasteiger partial charge in [-0.25, -0.2) is 4.98 Å². The first kappa shape index (κ1) is 19.6. The predicted octanol–water partition coefficient (Wildman–Crippen LogP) is 6.20. The summed E-state index contributed by atoms with van der Waals surface area (Å²) in [5.41, 5.74) is 3.47. The Morgan fingerprint density at radius 1 is 0.966 bits per heavy atom. The number of nitrogens with zero attached hydrogens (tertiary/aromatic N) is 1. The maximum absolute atomic E-state index is 12.5. The molecule has 1 aromatic heterocycles. The van der Waals surface area contributed by atoms with Gasteiger partial charge in [-0.05, 0) is 48.0 Å². The highest BCUT2D eigenvalue weighted by atomic mass is 35.5. The molecule has 4 rings (SSSR count). The molecule has 1 heterocycles. The lowest BCUT2D eigenvalue weighted by Gasteiger charge is -2.06. The van der Waals surface area contributed by atoms with E-state index in [0.29, 0.717) is 44.3 Å². The number of rotatable bonds is 5. The molecule has 0 radical (unpaired) electrons. The average Bonchev–Trinajstić information content (AvgIpc) is 3.12. The van der Waals surface area contributed by atoms with Crippen molar-refractivity contribution in [2.75, 3.05) is 5.32 Å². The van der Waals surface area contributed by atoms with E-state index in [0.717, 1.165) is 11.1 Å². The first-order chi connectivity index (χ1) is 14.0. The fraction of sp³-hybridized carbons (Fsp3) is 0.0476. The van der Waals surface area contributed by atoms with E-state index in [-0.39, 0.29) is 5.91 Å². The largest absolute Gasteiger partial charge is 0.348 e. The summed E-state index contributed by atoms with van der Waals surface area (Å²) in [5, 5.41) is 7.61. The first-order valence-corrected chi connectivity index (χ1v) is 9.86.